The van der Waals surface area contributed by atoms with E-state index in [0.717, 1.165) is 6.29 Å². The first-order valence-electron chi connectivity index (χ1n) is 6.46. The van der Waals surface area contributed by atoms with Crippen molar-refractivity contribution in [1.82, 2.24) is 0 Å². The van der Waals surface area contributed by atoms with Crippen LogP contribution in [0.15, 0.2) is 24.3 Å². The third-order valence-corrected chi connectivity index (χ3v) is 2.55. The Kier molecular flexibility index (Phi) is 5.25. The van der Waals surface area contributed by atoms with Gasteiger partial charge in [0.05, 0.1) is 5.69 Å². The van der Waals surface area contributed by atoms with Crippen molar-refractivity contribution in [2.24, 2.45) is 0 Å². The molecule has 0 aliphatic carbocycles. The second-order valence-electron chi connectivity index (χ2n) is 5.58. The van der Waals surface area contributed by atoms with Crippen molar-refractivity contribution in [3.05, 3.63) is 30.1 Å². The summed E-state index contributed by atoms with van der Waals surface area (Å²) in [6, 6.07) is 5.24. The number of ether oxygens (including phenoxy) is 1. The Bertz CT molecular complexity index is 482. The van der Waals surface area contributed by atoms with Crippen molar-refractivity contribution in [2.75, 3.05) is 4.90 Å². The molecule has 0 heterocycles. The van der Waals surface area contributed by atoms with E-state index in [1.54, 1.807) is 33.8 Å². The van der Waals surface area contributed by atoms with Gasteiger partial charge in [0.15, 0.2) is 0 Å². The number of benzene rings is 1. The molecule has 0 aromatic heterocycles. The fourth-order valence-electron chi connectivity index (χ4n) is 1.72. The van der Waals surface area contributed by atoms with E-state index in [4.69, 9.17) is 4.74 Å². The van der Waals surface area contributed by atoms with Crippen molar-refractivity contribution in [1.29, 1.82) is 0 Å². The Morgan fingerprint density at radius 1 is 1.45 bits per heavy atom. The predicted molar refractivity (Wildman–Crippen MR) is 75.3 cm³/mol. The highest BCUT2D eigenvalue weighted by atomic mass is 19.1. The molecule has 0 fully saturated rings. The Labute approximate surface area is 118 Å². The van der Waals surface area contributed by atoms with Crippen molar-refractivity contribution >= 4 is 18.1 Å². The lowest BCUT2D eigenvalue weighted by molar-refractivity contribution is -0.108. The lowest BCUT2D eigenvalue weighted by atomic mass is 10.1. The Balaban J connectivity index is 3.08. The maximum Gasteiger partial charge on any atom is 0.415 e. The molecular formula is C15H20FNO3. The SMILES string of the molecule is CC(CC=O)N(C(=O)OC(C)(C)C)c1cccc(F)c1. The molecule has 1 unspecified atom stereocenters. The molecule has 110 valence electrons. The minimum Gasteiger partial charge on any atom is -0.443 e. The molecule has 1 aromatic rings. The van der Waals surface area contributed by atoms with Crippen LogP contribution in [0.3, 0.4) is 0 Å². The van der Waals surface area contributed by atoms with Crippen LogP contribution in [-0.4, -0.2) is 24.0 Å². The van der Waals surface area contributed by atoms with Crippen LogP contribution in [0, 0.1) is 5.82 Å². The topological polar surface area (TPSA) is 46.6 Å². The van der Waals surface area contributed by atoms with Gasteiger partial charge in [-0.05, 0) is 45.9 Å². The maximum absolute atomic E-state index is 13.3. The van der Waals surface area contributed by atoms with Crippen LogP contribution in [0.5, 0.6) is 0 Å². The number of aldehydes is 1. The van der Waals surface area contributed by atoms with Gasteiger partial charge in [0.25, 0.3) is 0 Å². The summed E-state index contributed by atoms with van der Waals surface area (Å²) in [4.78, 5) is 24.2. The normalized spacial score (nSPS) is 12.7. The molecule has 0 saturated heterocycles. The summed E-state index contributed by atoms with van der Waals surface area (Å²) in [5, 5.41) is 0. The van der Waals surface area contributed by atoms with E-state index in [1.807, 2.05) is 0 Å². The number of carbonyl (C=O) groups excluding carboxylic acids is 2. The molecule has 0 bridgehead atoms. The summed E-state index contributed by atoms with van der Waals surface area (Å²) in [6.45, 7) is 6.96. The van der Waals surface area contributed by atoms with Gasteiger partial charge in [0, 0.05) is 12.5 Å². The van der Waals surface area contributed by atoms with E-state index in [9.17, 15) is 14.0 Å². The lowest BCUT2D eigenvalue weighted by Gasteiger charge is -2.31. The van der Waals surface area contributed by atoms with E-state index in [-0.39, 0.29) is 6.42 Å². The average Bonchev–Trinajstić information content (AvgIpc) is 2.26. The average molecular weight is 281 g/mol. The number of hydrogen-bond acceptors (Lipinski definition) is 3. The number of rotatable bonds is 4. The van der Waals surface area contributed by atoms with Gasteiger partial charge in [-0.2, -0.15) is 0 Å². The first-order valence-corrected chi connectivity index (χ1v) is 6.46. The third-order valence-electron chi connectivity index (χ3n) is 2.55. The summed E-state index contributed by atoms with van der Waals surface area (Å²) in [5.74, 6) is -0.450. The summed E-state index contributed by atoms with van der Waals surface area (Å²) < 4.78 is 18.6. The van der Waals surface area contributed by atoms with Crippen molar-refractivity contribution in [2.45, 2.75) is 45.8 Å². The quantitative estimate of drug-likeness (QED) is 0.793. The lowest BCUT2D eigenvalue weighted by Crippen LogP contribution is -2.42. The molecular weight excluding hydrogens is 261 g/mol. The number of amides is 1. The van der Waals surface area contributed by atoms with E-state index >= 15 is 0 Å². The zero-order valence-corrected chi connectivity index (χ0v) is 12.2. The molecule has 1 atom stereocenters. The molecule has 1 amide bonds. The molecule has 0 saturated carbocycles. The number of nitrogens with zero attached hydrogens (tertiary/aromatic N) is 1. The first-order chi connectivity index (χ1) is 9.24. The van der Waals surface area contributed by atoms with Gasteiger partial charge in [-0.1, -0.05) is 6.07 Å². The minimum atomic E-state index is -0.663. The van der Waals surface area contributed by atoms with Crippen molar-refractivity contribution < 1.29 is 18.7 Å². The van der Waals surface area contributed by atoms with Crippen LogP contribution in [0.2, 0.25) is 0 Å². The van der Waals surface area contributed by atoms with E-state index < -0.39 is 23.6 Å². The van der Waals surface area contributed by atoms with Crippen molar-refractivity contribution in [3.8, 4) is 0 Å². The fourth-order valence-corrected chi connectivity index (χ4v) is 1.72. The maximum atomic E-state index is 13.3. The Morgan fingerprint density at radius 3 is 2.60 bits per heavy atom. The van der Waals surface area contributed by atoms with E-state index in [0.29, 0.717) is 5.69 Å². The Hall–Kier alpha value is -1.91. The smallest absolute Gasteiger partial charge is 0.415 e. The highest BCUT2D eigenvalue weighted by molar-refractivity contribution is 5.89. The van der Waals surface area contributed by atoms with Crippen LogP contribution in [0.1, 0.15) is 34.1 Å². The zero-order chi connectivity index (χ0) is 15.3. The van der Waals surface area contributed by atoms with Gasteiger partial charge in [-0.15, -0.1) is 0 Å². The summed E-state index contributed by atoms with van der Waals surface area (Å²) in [5.41, 5.74) is -0.294. The number of hydrogen-bond donors (Lipinski definition) is 0. The molecule has 1 rings (SSSR count). The van der Waals surface area contributed by atoms with Gasteiger partial charge < -0.3 is 9.53 Å². The van der Waals surface area contributed by atoms with Gasteiger partial charge >= 0.3 is 6.09 Å². The van der Waals surface area contributed by atoms with Gasteiger partial charge in [-0.3, -0.25) is 4.90 Å². The third kappa shape index (κ3) is 4.64. The van der Waals surface area contributed by atoms with Crippen LogP contribution in [0.25, 0.3) is 0 Å². The number of anilines is 1. The minimum absolute atomic E-state index is 0.149. The highest BCUT2D eigenvalue weighted by Gasteiger charge is 2.27. The molecule has 0 N–H and O–H groups in total. The van der Waals surface area contributed by atoms with Crippen LogP contribution >= 0.6 is 0 Å². The van der Waals surface area contributed by atoms with E-state index in [1.165, 1.54) is 23.1 Å². The predicted octanol–water partition coefficient (Wildman–Crippen LogP) is 3.54. The monoisotopic (exact) mass is 281 g/mol. The van der Waals surface area contributed by atoms with Crippen LogP contribution in [0.4, 0.5) is 14.9 Å². The number of carbonyl (C=O) groups is 2. The highest BCUT2D eigenvalue weighted by Crippen LogP contribution is 2.22. The molecule has 0 spiro atoms. The second kappa shape index (κ2) is 6.50. The standard InChI is InChI=1S/C15H20FNO3/c1-11(8-9-18)17(14(19)20-15(2,3)4)13-7-5-6-12(16)10-13/h5-7,9-11H,8H2,1-4H3. The summed E-state index contributed by atoms with van der Waals surface area (Å²) in [6.07, 6.45) is 0.273. The molecule has 5 heteroatoms. The van der Waals surface area contributed by atoms with Crippen LogP contribution in [-0.2, 0) is 9.53 Å². The second-order valence-corrected chi connectivity index (χ2v) is 5.58. The van der Waals surface area contributed by atoms with Gasteiger partial charge in [0.2, 0.25) is 0 Å². The van der Waals surface area contributed by atoms with Crippen LogP contribution < -0.4 is 4.90 Å². The van der Waals surface area contributed by atoms with E-state index in [2.05, 4.69) is 0 Å². The molecule has 0 aliphatic heterocycles. The van der Waals surface area contributed by atoms with Crippen molar-refractivity contribution in [3.63, 3.8) is 0 Å². The van der Waals surface area contributed by atoms with Gasteiger partial charge in [-0.25, -0.2) is 9.18 Å². The molecule has 1 aromatic carbocycles. The number of halogens is 1. The molecule has 0 aliphatic rings. The fraction of sp³-hybridized carbons (Fsp3) is 0.467. The molecule has 4 nitrogen and oxygen atoms in total. The Morgan fingerprint density at radius 2 is 2.10 bits per heavy atom. The largest absolute Gasteiger partial charge is 0.443 e. The zero-order valence-electron chi connectivity index (χ0n) is 12.2. The van der Waals surface area contributed by atoms with Gasteiger partial charge in [0.1, 0.15) is 17.7 Å². The summed E-state index contributed by atoms with van der Waals surface area (Å²) in [7, 11) is 0. The first kappa shape index (κ1) is 16.1. The summed E-state index contributed by atoms with van der Waals surface area (Å²) >= 11 is 0. The molecule has 0 radical (unpaired) electrons. The molecule has 20 heavy (non-hydrogen) atoms.